The zero-order valence-electron chi connectivity index (χ0n) is 16.7. The van der Waals surface area contributed by atoms with E-state index in [9.17, 15) is 14.0 Å². The number of benzene rings is 1. The number of nitrogens with zero attached hydrogens (tertiary/aromatic N) is 3. The molecule has 1 fully saturated rings. The predicted molar refractivity (Wildman–Crippen MR) is 110 cm³/mol. The van der Waals surface area contributed by atoms with Crippen molar-refractivity contribution in [3.63, 3.8) is 0 Å². The Morgan fingerprint density at radius 3 is 2.52 bits per heavy atom. The summed E-state index contributed by atoms with van der Waals surface area (Å²) in [6.45, 7) is 8.76. The highest BCUT2D eigenvalue weighted by atomic mass is 19.1. The molecule has 1 aromatic carbocycles. The van der Waals surface area contributed by atoms with Crippen LogP contribution in [0.3, 0.4) is 0 Å². The fourth-order valence-electron chi connectivity index (χ4n) is 3.26. The molecule has 2 aromatic rings. The van der Waals surface area contributed by atoms with E-state index in [4.69, 9.17) is 0 Å². The molecule has 8 heteroatoms. The second-order valence-corrected chi connectivity index (χ2v) is 7.00. The molecule has 3 rings (SSSR count). The number of pyridine rings is 1. The van der Waals surface area contributed by atoms with Crippen LogP contribution in [0.15, 0.2) is 36.5 Å². The normalized spacial score (nSPS) is 14.5. The minimum absolute atomic E-state index is 0.116. The third-order valence-electron chi connectivity index (χ3n) is 4.94. The summed E-state index contributed by atoms with van der Waals surface area (Å²) >= 11 is 0. The van der Waals surface area contributed by atoms with Crippen LogP contribution in [0.1, 0.15) is 29.8 Å². The highest BCUT2D eigenvalue weighted by Gasteiger charge is 2.17. The molecule has 0 bridgehead atoms. The molecule has 0 unspecified atom stereocenters. The summed E-state index contributed by atoms with van der Waals surface area (Å²) in [6.07, 6.45) is 1.73. The van der Waals surface area contributed by atoms with Gasteiger partial charge in [-0.2, -0.15) is 0 Å². The van der Waals surface area contributed by atoms with Crippen LogP contribution in [-0.4, -0.2) is 54.4 Å². The van der Waals surface area contributed by atoms with Gasteiger partial charge in [0.15, 0.2) is 0 Å². The number of carbonyl (C=O) groups excluding carboxylic acids is 2. The number of hydrogen-bond donors (Lipinski definition) is 2. The molecule has 29 heavy (non-hydrogen) atoms. The van der Waals surface area contributed by atoms with Crippen molar-refractivity contribution in [1.82, 2.24) is 15.2 Å². The lowest BCUT2D eigenvalue weighted by atomic mass is 10.1. The van der Waals surface area contributed by atoms with Gasteiger partial charge in [-0.25, -0.2) is 9.37 Å². The zero-order chi connectivity index (χ0) is 20.8. The van der Waals surface area contributed by atoms with E-state index in [0.29, 0.717) is 5.69 Å². The molecule has 2 heterocycles. The fourth-order valence-corrected chi connectivity index (χ4v) is 3.26. The number of aromatic nitrogens is 1. The van der Waals surface area contributed by atoms with Crippen LogP contribution < -0.4 is 15.5 Å². The van der Waals surface area contributed by atoms with E-state index in [1.165, 1.54) is 19.1 Å². The molecule has 1 aliphatic rings. The first kappa shape index (κ1) is 20.7. The first-order valence-corrected chi connectivity index (χ1v) is 9.74. The maximum Gasteiger partial charge on any atom is 0.254 e. The van der Waals surface area contributed by atoms with Gasteiger partial charge in [0.05, 0.1) is 5.56 Å². The van der Waals surface area contributed by atoms with Crippen LogP contribution in [0.5, 0.6) is 0 Å². The van der Waals surface area contributed by atoms with Gasteiger partial charge in [0.25, 0.3) is 5.91 Å². The van der Waals surface area contributed by atoms with Crippen molar-refractivity contribution >= 4 is 23.3 Å². The van der Waals surface area contributed by atoms with Crippen molar-refractivity contribution in [2.45, 2.75) is 20.4 Å². The summed E-state index contributed by atoms with van der Waals surface area (Å²) in [5.74, 6) is -0.555. The summed E-state index contributed by atoms with van der Waals surface area (Å²) in [4.78, 5) is 32.7. The Kier molecular flexibility index (Phi) is 6.77. The van der Waals surface area contributed by atoms with E-state index in [0.717, 1.165) is 50.2 Å². The Balaban J connectivity index is 1.57. The lowest BCUT2D eigenvalue weighted by molar-refractivity contribution is -0.114. The third kappa shape index (κ3) is 5.51. The molecule has 2 N–H and O–H groups in total. The van der Waals surface area contributed by atoms with Gasteiger partial charge in [-0.1, -0.05) is 13.0 Å². The Labute approximate surface area is 169 Å². The van der Waals surface area contributed by atoms with Crippen LogP contribution in [0, 0.1) is 5.82 Å². The summed E-state index contributed by atoms with van der Waals surface area (Å²) < 4.78 is 14.0. The Morgan fingerprint density at radius 2 is 1.90 bits per heavy atom. The van der Waals surface area contributed by atoms with E-state index >= 15 is 0 Å². The number of piperazine rings is 1. The van der Waals surface area contributed by atoms with E-state index in [1.807, 2.05) is 12.1 Å². The molecule has 1 saturated heterocycles. The molecule has 1 aliphatic heterocycles. The number of amides is 2. The van der Waals surface area contributed by atoms with Gasteiger partial charge in [-0.15, -0.1) is 0 Å². The quantitative estimate of drug-likeness (QED) is 0.779. The molecule has 0 atom stereocenters. The van der Waals surface area contributed by atoms with Crippen LogP contribution in [0.4, 0.5) is 15.9 Å². The van der Waals surface area contributed by atoms with Crippen molar-refractivity contribution in [1.29, 1.82) is 0 Å². The number of halogens is 1. The highest BCUT2D eigenvalue weighted by Crippen LogP contribution is 2.16. The van der Waals surface area contributed by atoms with Crippen LogP contribution in [0.2, 0.25) is 0 Å². The summed E-state index contributed by atoms with van der Waals surface area (Å²) in [6, 6.07) is 7.76. The second-order valence-electron chi connectivity index (χ2n) is 7.00. The van der Waals surface area contributed by atoms with Gasteiger partial charge < -0.3 is 20.4 Å². The van der Waals surface area contributed by atoms with Crippen molar-refractivity contribution in [3.8, 4) is 0 Å². The first-order chi connectivity index (χ1) is 14.0. The number of anilines is 2. The van der Waals surface area contributed by atoms with Crippen molar-refractivity contribution in [2.75, 3.05) is 42.9 Å². The number of carbonyl (C=O) groups is 2. The maximum atomic E-state index is 14.0. The van der Waals surface area contributed by atoms with E-state index in [2.05, 4.69) is 32.3 Å². The van der Waals surface area contributed by atoms with Crippen LogP contribution >= 0.6 is 0 Å². The molecule has 0 saturated carbocycles. The Hall–Kier alpha value is -3.00. The number of hydrogen-bond acceptors (Lipinski definition) is 5. The van der Waals surface area contributed by atoms with E-state index in [1.54, 1.807) is 6.20 Å². The van der Waals surface area contributed by atoms with Gasteiger partial charge in [0.2, 0.25) is 5.91 Å². The molecule has 0 radical (unpaired) electrons. The topological polar surface area (TPSA) is 77.6 Å². The lowest BCUT2D eigenvalue weighted by Gasteiger charge is -2.34. The minimum Gasteiger partial charge on any atom is -0.354 e. The fraction of sp³-hybridized carbons (Fsp3) is 0.381. The molecule has 0 aliphatic carbocycles. The molecular weight excluding hydrogens is 373 g/mol. The minimum atomic E-state index is -0.642. The average Bonchev–Trinajstić information content (AvgIpc) is 2.73. The van der Waals surface area contributed by atoms with Crippen molar-refractivity contribution in [2.24, 2.45) is 0 Å². The van der Waals surface area contributed by atoms with E-state index < -0.39 is 11.7 Å². The molecule has 2 amide bonds. The summed E-state index contributed by atoms with van der Waals surface area (Å²) in [5, 5.41) is 5.24. The van der Waals surface area contributed by atoms with Crippen LogP contribution in [0.25, 0.3) is 0 Å². The number of likely N-dealkylation sites (N-methyl/N-ethyl adjacent to an activating group) is 1. The van der Waals surface area contributed by atoms with Crippen molar-refractivity contribution < 1.29 is 14.0 Å². The Morgan fingerprint density at radius 1 is 1.14 bits per heavy atom. The lowest BCUT2D eigenvalue weighted by Crippen LogP contribution is -2.46. The number of rotatable bonds is 6. The number of nitrogens with one attached hydrogen (secondary N) is 2. The van der Waals surface area contributed by atoms with Crippen molar-refractivity contribution in [3.05, 3.63) is 53.5 Å². The average molecular weight is 399 g/mol. The largest absolute Gasteiger partial charge is 0.354 e. The molecule has 1 aromatic heterocycles. The Bertz CT molecular complexity index is 864. The van der Waals surface area contributed by atoms with Gasteiger partial charge in [0.1, 0.15) is 11.6 Å². The SMILES string of the molecule is CCN1CCN(c2ccc(CNC(=O)c3cc(NC(C)=O)ccc3F)cn2)CC1. The third-order valence-corrected chi connectivity index (χ3v) is 4.94. The van der Waals surface area contributed by atoms with Gasteiger partial charge in [-0.3, -0.25) is 9.59 Å². The van der Waals surface area contributed by atoms with Gasteiger partial charge >= 0.3 is 0 Å². The highest BCUT2D eigenvalue weighted by molar-refractivity contribution is 5.97. The molecule has 7 nitrogen and oxygen atoms in total. The smallest absolute Gasteiger partial charge is 0.254 e. The first-order valence-electron chi connectivity index (χ1n) is 9.74. The monoisotopic (exact) mass is 399 g/mol. The maximum absolute atomic E-state index is 14.0. The van der Waals surface area contributed by atoms with E-state index in [-0.39, 0.29) is 18.0 Å². The predicted octanol–water partition coefficient (Wildman–Crippen LogP) is 2.25. The summed E-state index contributed by atoms with van der Waals surface area (Å²) in [5.41, 5.74) is 1.08. The molecule has 0 spiro atoms. The summed E-state index contributed by atoms with van der Waals surface area (Å²) in [7, 11) is 0. The van der Waals surface area contributed by atoms with Gasteiger partial charge in [-0.05, 0) is 36.4 Å². The van der Waals surface area contributed by atoms with Gasteiger partial charge in [0, 0.05) is 51.5 Å². The molecule has 154 valence electrons. The second kappa shape index (κ2) is 9.47. The van der Waals surface area contributed by atoms with Crippen LogP contribution in [-0.2, 0) is 11.3 Å². The zero-order valence-corrected chi connectivity index (χ0v) is 16.7. The molecular formula is C21H26FN5O2. The standard InChI is InChI=1S/C21H26FN5O2/c1-3-26-8-10-27(11-9-26)20-7-4-16(13-23-20)14-24-21(29)18-12-17(25-15(2)28)5-6-19(18)22/h4-7,12-13H,3,8-11,14H2,1-2H3,(H,24,29)(H,25,28).